The van der Waals surface area contributed by atoms with Crippen LogP contribution in [0, 0.1) is 0 Å². The monoisotopic (exact) mass is 443 g/mol. The van der Waals surface area contributed by atoms with Gasteiger partial charge in [0.25, 0.3) is 5.89 Å². The predicted molar refractivity (Wildman–Crippen MR) is 106 cm³/mol. The summed E-state index contributed by atoms with van der Waals surface area (Å²) in [6.45, 7) is 1.43. The number of hydrogen-bond donors (Lipinski definition) is 0. The fraction of sp³-hybridized carbons (Fsp3) is 0.190. The van der Waals surface area contributed by atoms with E-state index in [0.717, 1.165) is 12.1 Å². The van der Waals surface area contributed by atoms with Crippen LogP contribution in [0.15, 0.2) is 53.3 Å². The van der Waals surface area contributed by atoms with Gasteiger partial charge in [-0.25, -0.2) is 4.98 Å². The summed E-state index contributed by atoms with van der Waals surface area (Å²) >= 11 is 0. The molecule has 0 radical (unpaired) electrons. The van der Waals surface area contributed by atoms with E-state index in [1.54, 1.807) is 31.3 Å². The lowest BCUT2D eigenvalue weighted by Crippen LogP contribution is -2.07. The SMILES string of the molecule is CC(=O)c1cccc(-c2noc(-c3cnn(C)c3COc3ccc(C(F)(F)F)cn3)n2)c1. The highest BCUT2D eigenvalue weighted by Crippen LogP contribution is 2.30. The number of alkyl halides is 3. The standard InChI is InChI=1S/C21H16F3N5O3/c1-12(30)13-4-3-5-14(8-13)19-27-20(32-28-19)16-10-26-29(2)17(16)11-31-18-7-6-15(9-25-18)21(22,23)24/h3-10H,11H2,1-2H3. The minimum absolute atomic E-state index is 0.0254. The maximum Gasteiger partial charge on any atom is 0.417 e. The fourth-order valence-electron chi connectivity index (χ4n) is 2.92. The lowest BCUT2D eigenvalue weighted by Gasteiger charge is -2.09. The van der Waals surface area contributed by atoms with Gasteiger partial charge < -0.3 is 9.26 Å². The smallest absolute Gasteiger partial charge is 0.417 e. The van der Waals surface area contributed by atoms with Gasteiger partial charge in [0.05, 0.1) is 23.0 Å². The third-order valence-corrected chi connectivity index (χ3v) is 4.67. The number of aryl methyl sites for hydroxylation is 1. The highest BCUT2D eigenvalue weighted by Gasteiger charge is 2.30. The zero-order valence-electron chi connectivity index (χ0n) is 16.9. The number of aromatic nitrogens is 5. The number of hydrogen-bond acceptors (Lipinski definition) is 7. The van der Waals surface area contributed by atoms with Crippen LogP contribution in [0.2, 0.25) is 0 Å². The molecule has 8 nitrogen and oxygen atoms in total. The zero-order chi connectivity index (χ0) is 22.9. The Kier molecular flexibility index (Phi) is 5.47. The second kappa shape index (κ2) is 8.25. The third-order valence-electron chi connectivity index (χ3n) is 4.67. The molecule has 3 heterocycles. The Morgan fingerprint density at radius 3 is 2.69 bits per heavy atom. The van der Waals surface area contributed by atoms with Gasteiger partial charge in [-0.3, -0.25) is 9.48 Å². The lowest BCUT2D eigenvalue weighted by atomic mass is 10.1. The molecule has 0 saturated carbocycles. The molecule has 1 aromatic carbocycles. The Balaban J connectivity index is 1.55. The van der Waals surface area contributed by atoms with Gasteiger partial charge in [0, 0.05) is 30.4 Å². The maximum absolute atomic E-state index is 12.7. The van der Waals surface area contributed by atoms with Crippen LogP contribution in [0.1, 0.15) is 28.5 Å². The van der Waals surface area contributed by atoms with Crippen molar-refractivity contribution in [3.63, 3.8) is 0 Å². The van der Waals surface area contributed by atoms with Gasteiger partial charge in [-0.05, 0) is 19.1 Å². The molecule has 0 aliphatic heterocycles. The van der Waals surface area contributed by atoms with Crippen LogP contribution in [0.4, 0.5) is 13.2 Å². The normalized spacial score (nSPS) is 11.5. The number of nitrogens with zero attached hydrogens (tertiary/aromatic N) is 5. The number of carbonyl (C=O) groups is 1. The fourth-order valence-corrected chi connectivity index (χ4v) is 2.92. The quantitative estimate of drug-likeness (QED) is 0.409. The summed E-state index contributed by atoms with van der Waals surface area (Å²) in [5.74, 6) is 0.417. The Morgan fingerprint density at radius 1 is 1.19 bits per heavy atom. The van der Waals surface area contributed by atoms with Crippen molar-refractivity contribution in [2.75, 3.05) is 0 Å². The van der Waals surface area contributed by atoms with Crippen LogP contribution < -0.4 is 4.74 Å². The van der Waals surface area contributed by atoms with Crippen LogP contribution in [-0.4, -0.2) is 30.7 Å². The van der Waals surface area contributed by atoms with Crippen molar-refractivity contribution >= 4 is 5.78 Å². The van der Waals surface area contributed by atoms with E-state index in [2.05, 4.69) is 20.2 Å². The molecular weight excluding hydrogens is 427 g/mol. The number of halogens is 3. The molecule has 0 bridgehead atoms. The van der Waals surface area contributed by atoms with E-state index in [0.29, 0.717) is 34.4 Å². The number of benzene rings is 1. The number of rotatable bonds is 6. The van der Waals surface area contributed by atoms with E-state index >= 15 is 0 Å². The minimum atomic E-state index is -4.47. The lowest BCUT2D eigenvalue weighted by molar-refractivity contribution is -0.137. The molecule has 0 unspecified atom stereocenters. The summed E-state index contributed by atoms with van der Waals surface area (Å²) in [6, 6.07) is 8.88. The number of pyridine rings is 1. The summed E-state index contributed by atoms with van der Waals surface area (Å²) < 4.78 is 50.5. The van der Waals surface area contributed by atoms with Crippen molar-refractivity contribution in [2.45, 2.75) is 19.7 Å². The molecule has 0 saturated heterocycles. The number of ether oxygens (including phenoxy) is 1. The first-order chi connectivity index (χ1) is 15.2. The molecule has 0 amide bonds. The Morgan fingerprint density at radius 2 is 2.00 bits per heavy atom. The van der Waals surface area contributed by atoms with Gasteiger partial charge in [0.1, 0.15) is 6.61 Å². The summed E-state index contributed by atoms with van der Waals surface area (Å²) in [5.41, 5.74) is 1.33. The van der Waals surface area contributed by atoms with Gasteiger partial charge >= 0.3 is 6.18 Å². The van der Waals surface area contributed by atoms with Crippen molar-refractivity contribution in [3.8, 4) is 28.7 Å². The highest BCUT2D eigenvalue weighted by molar-refractivity contribution is 5.95. The number of Topliss-reactive ketones (excluding diaryl/α,β-unsaturated/α-hetero) is 1. The van der Waals surface area contributed by atoms with Crippen LogP contribution in [0.5, 0.6) is 5.88 Å². The van der Waals surface area contributed by atoms with Crippen molar-refractivity contribution < 1.29 is 27.2 Å². The molecule has 0 N–H and O–H groups in total. The minimum Gasteiger partial charge on any atom is -0.471 e. The first-order valence-electron chi connectivity index (χ1n) is 9.35. The second-order valence-electron chi connectivity index (χ2n) is 6.86. The summed E-state index contributed by atoms with van der Waals surface area (Å²) in [5, 5.41) is 8.14. The molecule has 4 aromatic rings. The van der Waals surface area contributed by atoms with Crippen LogP contribution >= 0.6 is 0 Å². The summed E-state index contributed by atoms with van der Waals surface area (Å²) in [6.07, 6.45) is -2.25. The van der Waals surface area contributed by atoms with Crippen molar-refractivity contribution in [3.05, 3.63) is 65.6 Å². The van der Waals surface area contributed by atoms with Crippen LogP contribution in [0.25, 0.3) is 22.8 Å². The Hall–Kier alpha value is -4.02. The Labute approximate surface area is 179 Å². The first-order valence-corrected chi connectivity index (χ1v) is 9.35. The van der Waals surface area contributed by atoms with Crippen LogP contribution in [0.3, 0.4) is 0 Å². The summed E-state index contributed by atoms with van der Waals surface area (Å²) in [7, 11) is 1.68. The molecule has 0 fully saturated rings. The third kappa shape index (κ3) is 4.36. The number of ketones is 1. The van der Waals surface area contributed by atoms with Gasteiger partial charge in [-0.1, -0.05) is 23.4 Å². The number of carbonyl (C=O) groups excluding carboxylic acids is 1. The first kappa shape index (κ1) is 21.2. The van der Waals surface area contributed by atoms with E-state index in [-0.39, 0.29) is 24.2 Å². The Bertz CT molecular complexity index is 1260. The zero-order valence-corrected chi connectivity index (χ0v) is 16.9. The van der Waals surface area contributed by atoms with Crippen LogP contribution in [-0.2, 0) is 19.8 Å². The summed E-state index contributed by atoms with van der Waals surface area (Å²) in [4.78, 5) is 19.7. The molecule has 11 heteroatoms. The maximum atomic E-state index is 12.7. The second-order valence-corrected chi connectivity index (χ2v) is 6.86. The van der Waals surface area contributed by atoms with Gasteiger partial charge in [-0.15, -0.1) is 0 Å². The molecule has 0 aliphatic carbocycles. The van der Waals surface area contributed by atoms with E-state index in [1.165, 1.54) is 17.8 Å². The van der Waals surface area contributed by atoms with E-state index in [9.17, 15) is 18.0 Å². The molecule has 0 spiro atoms. The predicted octanol–water partition coefficient (Wildman–Crippen LogP) is 4.33. The molecular formula is C21H16F3N5O3. The molecule has 3 aromatic heterocycles. The van der Waals surface area contributed by atoms with Gasteiger partial charge in [0.15, 0.2) is 5.78 Å². The molecule has 4 rings (SSSR count). The van der Waals surface area contributed by atoms with Crippen molar-refractivity contribution in [2.24, 2.45) is 7.05 Å². The average Bonchev–Trinajstić information content (AvgIpc) is 3.39. The van der Waals surface area contributed by atoms with E-state index < -0.39 is 11.7 Å². The van der Waals surface area contributed by atoms with Gasteiger partial charge in [-0.2, -0.15) is 23.3 Å². The largest absolute Gasteiger partial charge is 0.471 e. The average molecular weight is 443 g/mol. The van der Waals surface area contributed by atoms with Gasteiger partial charge in [0.2, 0.25) is 11.7 Å². The van der Waals surface area contributed by atoms with E-state index in [4.69, 9.17) is 9.26 Å². The van der Waals surface area contributed by atoms with Crippen molar-refractivity contribution in [1.29, 1.82) is 0 Å². The molecule has 32 heavy (non-hydrogen) atoms. The van der Waals surface area contributed by atoms with Crippen molar-refractivity contribution in [1.82, 2.24) is 24.9 Å². The molecule has 0 atom stereocenters. The highest BCUT2D eigenvalue weighted by atomic mass is 19.4. The van der Waals surface area contributed by atoms with E-state index in [1.807, 2.05) is 0 Å². The molecule has 164 valence electrons. The molecule has 0 aliphatic rings. The topological polar surface area (TPSA) is 95.9 Å².